The Kier molecular flexibility index (Phi) is 6.03. The molecule has 29 heavy (non-hydrogen) atoms. The van der Waals surface area contributed by atoms with Crippen LogP contribution in [0.25, 0.3) is 0 Å². The van der Waals surface area contributed by atoms with Crippen LogP contribution >= 0.6 is 0 Å². The molecule has 0 amide bonds. The Bertz CT molecular complexity index is 896. The Morgan fingerprint density at radius 1 is 0.759 bits per heavy atom. The number of carboxylic acid groups (broad SMARTS) is 1. The van der Waals surface area contributed by atoms with Gasteiger partial charge in [-0.3, -0.25) is 9.80 Å². The summed E-state index contributed by atoms with van der Waals surface area (Å²) in [5.41, 5.74) is 3.91. The van der Waals surface area contributed by atoms with Gasteiger partial charge in [-0.05, 0) is 22.8 Å². The molecule has 3 aromatic carbocycles. The van der Waals surface area contributed by atoms with E-state index in [0.29, 0.717) is 12.1 Å². The van der Waals surface area contributed by atoms with Crippen molar-refractivity contribution in [3.63, 3.8) is 0 Å². The van der Waals surface area contributed by atoms with Gasteiger partial charge in [0, 0.05) is 32.7 Å². The quantitative estimate of drug-likeness (QED) is 0.686. The van der Waals surface area contributed by atoms with Gasteiger partial charge >= 0.3 is 5.97 Å². The SMILES string of the molecule is O=C(O)c1ccccc1CN1CCN(C(c2ccccc2)c2ccccc2)CC1. The van der Waals surface area contributed by atoms with Crippen molar-refractivity contribution < 1.29 is 9.90 Å². The topological polar surface area (TPSA) is 43.8 Å². The van der Waals surface area contributed by atoms with E-state index in [2.05, 4.69) is 70.5 Å². The van der Waals surface area contributed by atoms with Gasteiger partial charge in [0.15, 0.2) is 0 Å². The third kappa shape index (κ3) is 4.56. The van der Waals surface area contributed by atoms with E-state index < -0.39 is 5.97 Å². The number of aromatic carboxylic acids is 1. The first-order valence-electron chi connectivity index (χ1n) is 10.1. The first-order chi connectivity index (χ1) is 14.2. The lowest BCUT2D eigenvalue weighted by molar-refractivity contribution is 0.0691. The van der Waals surface area contributed by atoms with Crippen molar-refractivity contribution >= 4 is 5.97 Å². The van der Waals surface area contributed by atoms with E-state index in [9.17, 15) is 9.90 Å². The van der Waals surface area contributed by atoms with E-state index in [0.717, 1.165) is 31.7 Å². The summed E-state index contributed by atoms with van der Waals surface area (Å²) in [6, 6.07) is 28.9. The molecule has 148 valence electrons. The van der Waals surface area contributed by atoms with Gasteiger partial charge in [-0.25, -0.2) is 4.79 Å². The molecule has 0 saturated carbocycles. The molecule has 1 heterocycles. The summed E-state index contributed by atoms with van der Waals surface area (Å²) in [5, 5.41) is 9.44. The summed E-state index contributed by atoms with van der Waals surface area (Å²) < 4.78 is 0. The average Bonchev–Trinajstić information content (AvgIpc) is 2.77. The van der Waals surface area contributed by atoms with Crippen molar-refractivity contribution in [1.29, 1.82) is 0 Å². The minimum absolute atomic E-state index is 0.242. The fourth-order valence-corrected chi connectivity index (χ4v) is 4.17. The van der Waals surface area contributed by atoms with Crippen LogP contribution < -0.4 is 0 Å². The molecule has 1 aliphatic rings. The molecule has 3 aromatic rings. The maximum absolute atomic E-state index is 11.5. The number of benzene rings is 3. The zero-order valence-corrected chi connectivity index (χ0v) is 16.4. The highest BCUT2D eigenvalue weighted by Crippen LogP contribution is 2.29. The molecule has 0 bridgehead atoms. The van der Waals surface area contributed by atoms with E-state index >= 15 is 0 Å². The van der Waals surface area contributed by atoms with Crippen LogP contribution in [0.5, 0.6) is 0 Å². The Morgan fingerprint density at radius 3 is 1.83 bits per heavy atom. The van der Waals surface area contributed by atoms with Gasteiger partial charge in [-0.1, -0.05) is 78.9 Å². The number of hydrogen-bond acceptors (Lipinski definition) is 3. The molecular weight excluding hydrogens is 360 g/mol. The van der Waals surface area contributed by atoms with Crippen LogP contribution in [0.15, 0.2) is 84.9 Å². The number of piperazine rings is 1. The number of nitrogens with zero attached hydrogens (tertiary/aromatic N) is 2. The van der Waals surface area contributed by atoms with Crippen molar-refractivity contribution in [1.82, 2.24) is 9.80 Å². The van der Waals surface area contributed by atoms with Crippen LogP contribution in [-0.4, -0.2) is 47.1 Å². The molecule has 0 aromatic heterocycles. The first kappa shape index (κ1) is 19.4. The van der Waals surface area contributed by atoms with E-state index in [1.807, 2.05) is 12.1 Å². The lowest BCUT2D eigenvalue weighted by Crippen LogP contribution is -2.47. The summed E-state index contributed by atoms with van der Waals surface area (Å²) in [7, 11) is 0. The highest BCUT2D eigenvalue weighted by atomic mass is 16.4. The third-order valence-corrected chi connectivity index (χ3v) is 5.64. The predicted molar refractivity (Wildman–Crippen MR) is 115 cm³/mol. The number of rotatable bonds is 6. The van der Waals surface area contributed by atoms with Crippen LogP contribution in [0.3, 0.4) is 0 Å². The monoisotopic (exact) mass is 386 g/mol. The fraction of sp³-hybridized carbons (Fsp3) is 0.240. The van der Waals surface area contributed by atoms with Gasteiger partial charge in [0.25, 0.3) is 0 Å². The second-order valence-electron chi connectivity index (χ2n) is 7.50. The summed E-state index contributed by atoms with van der Waals surface area (Å²) in [6.07, 6.45) is 0. The van der Waals surface area contributed by atoms with Gasteiger partial charge in [0.1, 0.15) is 0 Å². The van der Waals surface area contributed by atoms with Gasteiger partial charge in [-0.15, -0.1) is 0 Å². The summed E-state index contributed by atoms with van der Waals surface area (Å²) in [5.74, 6) is -0.854. The number of carboxylic acids is 1. The molecule has 4 heteroatoms. The molecule has 0 aliphatic carbocycles. The molecule has 1 saturated heterocycles. The van der Waals surface area contributed by atoms with Crippen LogP contribution in [0.2, 0.25) is 0 Å². The molecule has 0 atom stereocenters. The molecular formula is C25H26N2O2. The largest absolute Gasteiger partial charge is 0.478 e. The maximum atomic E-state index is 11.5. The molecule has 0 radical (unpaired) electrons. The minimum atomic E-state index is -0.854. The Labute approximate surface area is 172 Å². The van der Waals surface area contributed by atoms with E-state index in [4.69, 9.17) is 0 Å². The highest BCUT2D eigenvalue weighted by Gasteiger charge is 2.26. The Morgan fingerprint density at radius 2 is 1.28 bits per heavy atom. The Balaban J connectivity index is 1.48. The zero-order chi connectivity index (χ0) is 20.1. The van der Waals surface area contributed by atoms with Crippen molar-refractivity contribution in [3.8, 4) is 0 Å². The number of hydrogen-bond donors (Lipinski definition) is 1. The van der Waals surface area contributed by atoms with Gasteiger partial charge in [0.2, 0.25) is 0 Å². The predicted octanol–water partition coefficient (Wildman–Crippen LogP) is 4.29. The van der Waals surface area contributed by atoms with Gasteiger partial charge < -0.3 is 5.11 Å². The molecule has 4 rings (SSSR count). The number of carbonyl (C=O) groups is 1. The second kappa shape index (κ2) is 9.03. The molecule has 4 nitrogen and oxygen atoms in total. The lowest BCUT2D eigenvalue weighted by Gasteiger charge is -2.40. The van der Waals surface area contributed by atoms with Crippen molar-refractivity contribution in [2.24, 2.45) is 0 Å². The fourth-order valence-electron chi connectivity index (χ4n) is 4.17. The van der Waals surface area contributed by atoms with Gasteiger partial charge in [0.05, 0.1) is 11.6 Å². The molecule has 1 N–H and O–H groups in total. The van der Waals surface area contributed by atoms with Crippen LogP contribution in [0, 0.1) is 0 Å². The molecule has 1 aliphatic heterocycles. The van der Waals surface area contributed by atoms with E-state index in [1.165, 1.54) is 11.1 Å². The molecule has 1 fully saturated rings. The lowest BCUT2D eigenvalue weighted by atomic mass is 9.96. The molecule has 0 spiro atoms. The Hall–Kier alpha value is -2.95. The average molecular weight is 386 g/mol. The second-order valence-corrected chi connectivity index (χ2v) is 7.50. The molecule has 0 unspecified atom stereocenters. The standard InChI is InChI=1S/C25H26N2O2/c28-25(29)23-14-8-7-13-22(23)19-26-15-17-27(18-16-26)24(20-9-3-1-4-10-20)21-11-5-2-6-12-21/h1-14,24H,15-19H2,(H,28,29). The maximum Gasteiger partial charge on any atom is 0.336 e. The third-order valence-electron chi connectivity index (χ3n) is 5.64. The summed E-state index contributed by atoms with van der Waals surface area (Å²) >= 11 is 0. The first-order valence-corrected chi connectivity index (χ1v) is 10.1. The van der Waals surface area contributed by atoms with E-state index in [-0.39, 0.29) is 6.04 Å². The van der Waals surface area contributed by atoms with Gasteiger partial charge in [-0.2, -0.15) is 0 Å². The van der Waals surface area contributed by atoms with E-state index in [1.54, 1.807) is 12.1 Å². The summed E-state index contributed by atoms with van der Waals surface area (Å²) in [4.78, 5) is 16.4. The van der Waals surface area contributed by atoms with Crippen molar-refractivity contribution in [2.45, 2.75) is 12.6 Å². The minimum Gasteiger partial charge on any atom is -0.478 e. The normalized spacial score (nSPS) is 15.5. The zero-order valence-electron chi connectivity index (χ0n) is 16.4. The highest BCUT2D eigenvalue weighted by molar-refractivity contribution is 5.89. The van der Waals surface area contributed by atoms with Crippen molar-refractivity contribution in [3.05, 3.63) is 107 Å². The van der Waals surface area contributed by atoms with Crippen molar-refractivity contribution in [2.75, 3.05) is 26.2 Å². The summed E-state index contributed by atoms with van der Waals surface area (Å²) in [6.45, 7) is 4.42. The van der Waals surface area contributed by atoms with Crippen LogP contribution in [0.4, 0.5) is 0 Å². The van der Waals surface area contributed by atoms with Crippen LogP contribution in [0.1, 0.15) is 33.1 Å². The van der Waals surface area contributed by atoms with Crippen LogP contribution in [-0.2, 0) is 6.54 Å². The smallest absolute Gasteiger partial charge is 0.336 e.